The van der Waals surface area contributed by atoms with E-state index in [0.717, 1.165) is 5.56 Å². The Morgan fingerprint density at radius 2 is 1.95 bits per heavy atom. The van der Waals surface area contributed by atoms with Crippen LogP contribution in [0.25, 0.3) is 0 Å². The van der Waals surface area contributed by atoms with Crippen molar-refractivity contribution in [2.24, 2.45) is 0 Å². The molecule has 1 aromatic heterocycles. The third-order valence-corrected chi connectivity index (χ3v) is 4.66. The number of anilines is 1. The number of nitrogens with two attached hydrogens (primary N) is 1. The lowest BCUT2D eigenvalue weighted by molar-refractivity contribution is 0.550. The molecule has 102 valence electrons. The van der Waals surface area contributed by atoms with Gasteiger partial charge in [-0.05, 0) is 12.5 Å². The lowest BCUT2D eigenvalue weighted by Crippen LogP contribution is -2.13. The minimum atomic E-state index is -3.44. The summed E-state index contributed by atoms with van der Waals surface area (Å²) in [6.07, 6.45) is 0. The summed E-state index contributed by atoms with van der Waals surface area (Å²) in [5, 5.41) is 7.43. The predicted molar refractivity (Wildman–Crippen MR) is 72.4 cm³/mol. The standard InChI is InChI=1S/C12H16N4O2S/c1-3-19(17,18)12-11(13)16(15-14-12)9(2)10-7-5-4-6-8-10/h4-9H,3,13H2,1-2H3. The maximum Gasteiger partial charge on any atom is 0.221 e. The molecule has 0 amide bonds. The Morgan fingerprint density at radius 1 is 1.32 bits per heavy atom. The second-order valence-corrected chi connectivity index (χ2v) is 6.41. The van der Waals surface area contributed by atoms with Gasteiger partial charge in [0.1, 0.15) is 0 Å². The molecule has 7 heteroatoms. The smallest absolute Gasteiger partial charge is 0.221 e. The van der Waals surface area contributed by atoms with Crippen molar-refractivity contribution < 1.29 is 8.42 Å². The van der Waals surface area contributed by atoms with Gasteiger partial charge in [0.25, 0.3) is 0 Å². The fraction of sp³-hybridized carbons (Fsp3) is 0.333. The van der Waals surface area contributed by atoms with Gasteiger partial charge in [-0.25, -0.2) is 13.1 Å². The zero-order valence-electron chi connectivity index (χ0n) is 10.8. The highest BCUT2D eigenvalue weighted by molar-refractivity contribution is 7.91. The second-order valence-electron chi connectivity index (χ2n) is 4.21. The molecule has 0 saturated carbocycles. The van der Waals surface area contributed by atoms with E-state index >= 15 is 0 Å². The molecule has 0 spiro atoms. The Balaban J connectivity index is 2.44. The number of hydrogen-bond donors (Lipinski definition) is 1. The summed E-state index contributed by atoms with van der Waals surface area (Å²) in [4.78, 5) is 0. The molecule has 2 N–H and O–H groups in total. The second kappa shape index (κ2) is 5.00. The number of nitrogen functional groups attached to an aromatic ring is 1. The minimum absolute atomic E-state index is 0.0460. The van der Waals surface area contributed by atoms with Crippen LogP contribution in [0.3, 0.4) is 0 Å². The SMILES string of the molecule is CCS(=O)(=O)c1nnn(C(C)c2ccccc2)c1N. The van der Waals surface area contributed by atoms with Gasteiger partial charge in [-0.1, -0.05) is 42.5 Å². The van der Waals surface area contributed by atoms with Crippen LogP contribution in [0.15, 0.2) is 35.4 Å². The molecule has 0 saturated heterocycles. The molecule has 6 nitrogen and oxygen atoms in total. The van der Waals surface area contributed by atoms with E-state index in [9.17, 15) is 8.42 Å². The summed E-state index contributed by atoms with van der Waals surface area (Å²) in [5.41, 5.74) is 6.85. The molecule has 1 heterocycles. The number of benzene rings is 1. The molecule has 1 unspecified atom stereocenters. The van der Waals surface area contributed by atoms with Crippen LogP contribution in [0, 0.1) is 0 Å². The first-order valence-corrected chi connectivity index (χ1v) is 7.61. The van der Waals surface area contributed by atoms with Crippen LogP contribution in [0.4, 0.5) is 5.82 Å². The van der Waals surface area contributed by atoms with Gasteiger partial charge in [-0.3, -0.25) is 0 Å². The van der Waals surface area contributed by atoms with Crippen LogP contribution >= 0.6 is 0 Å². The summed E-state index contributed by atoms with van der Waals surface area (Å²) >= 11 is 0. The van der Waals surface area contributed by atoms with Crippen LogP contribution in [-0.4, -0.2) is 29.2 Å². The van der Waals surface area contributed by atoms with Crippen molar-refractivity contribution in [1.29, 1.82) is 0 Å². The third-order valence-electron chi connectivity index (χ3n) is 3.02. The lowest BCUT2D eigenvalue weighted by atomic mass is 10.1. The number of hydrogen-bond acceptors (Lipinski definition) is 5. The van der Waals surface area contributed by atoms with Crippen LogP contribution in [-0.2, 0) is 9.84 Å². The van der Waals surface area contributed by atoms with Gasteiger partial charge in [0.2, 0.25) is 14.9 Å². The molecule has 2 rings (SSSR count). The fourth-order valence-electron chi connectivity index (χ4n) is 1.80. The minimum Gasteiger partial charge on any atom is -0.381 e. The van der Waals surface area contributed by atoms with Crippen molar-refractivity contribution in [3.8, 4) is 0 Å². The van der Waals surface area contributed by atoms with Gasteiger partial charge in [0.05, 0.1) is 11.8 Å². The van der Waals surface area contributed by atoms with Gasteiger partial charge in [0.15, 0.2) is 5.82 Å². The van der Waals surface area contributed by atoms with Crippen LogP contribution in [0.2, 0.25) is 0 Å². The normalized spacial score (nSPS) is 13.4. The van der Waals surface area contributed by atoms with Crippen LogP contribution < -0.4 is 5.73 Å². The molecule has 0 radical (unpaired) electrons. The molecule has 0 aliphatic rings. The number of aromatic nitrogens is 3. The van der Waals surface area contributed by atoms with Gasteiger partial charge in [-0.2, -0.15) is 0 Å². The summed E-state index contributed by atoms with van der Waals surface area (Å²) in [7, 11) is -3.44. The van der Waals surface area contributed by atoms with Crippen molar-refractivity contribution in [2.45, 2.75) is 24.9 Å². The molecule has 0 fully saturated rings. The summed E-state index contributed by atoms with van der Waals surface area (Å²) in [6.45, 7) is 3.44. The predicted octanol–water partition coefficient (Wildman–Crippen LogP) is 1.26. The zero-order valence-corrected chi connectivity index (χ0v) is 11.6. The first kappa shape index (κ1) is 13.5. The quantitative estimate of drug-likeness (QED) is 0.910. The van der Waals surface area contributed by atoms with Crippen LogP contribution in [0.5, 0.6) is 0 Å². The van der Waals surface area contributed by atoms with Crippen molar-refractivity contribution in [3.05, 3.63) is 35.9 Å². The fourth-order valence-corrected chi connectivity index (χ4v) is 2.65. The Labute approximate surface area is 112 Å². The van der Waals surface area contributed by atoms with Gasteiger partial charge in [0, 0.05) is 0 Å². The average molecular weight is 280 g/mol. The van der Waals surface area contributed by atoms with E-state index < -0.39 is 9.84 Å². The average Bonchev–Trinajstić information content (AvgIpc) is 2.81. The van der Waals surface area contributed by atoms with E-state index in [0.29, 0.717) is 0 Å². The van der Waals surface area contributed by atoms with Crippen molar-refractivity contribution in [2.75, 3.05) is 11.5 Å². The third kappa shape index (κ3) is 2.46. The van der Waals surface area contributed by atoms with Gasteiger partial charge in [-0.15, -0.1) is 5.10 Å². The topological polar surface area (TPSA) is 90.9 Å². The van der Waals surface area contributed by atoms with Gasteiger partial charge >= 0.3 is 0 Å². The largest absolute Gasteiger partial charge is 0.381 e. The summed E-state index contributed by atoms with van der Waals surface area (Å²) in [5.74, 6) is 0.0356. The Bertz CT molecular complexity index is 664. The van der Waals surface area contributed by atoms with E-state index in [1.807, 2.05) is 37.3 Å². The highest BCUT2D eigenvalue weighted by Crippen LogP contribution is 2.23. The van der Waals surface area contributed by atoms with Crippen molar-refractivity contribution in [1.82, 2.24) is 15.0 Å². The number of nitrogens with zero attached hydrogens (tertiary/aromatic N) is 3. The zero-order chi connectivity index (χ0) is 14.0. The molecule has 1 aromatic carbocycles. The van der Waals surface area contributed by atoms with Gasteiger partial charge < -0.3 is 5.73 Å². The van der Waals surface area contributed by atoms with E-state index in [-0.39, 0.29) is 22.6 Å². The van der Waals surface area contributed by atoms with E-state index in [2.05, 4.69) is 10.3 Å². The summed E-state index contributed by atoms with van der Waals surface area (Å²) in [6, 6.07) is 9.41. The van der Waals surface area contributed by atoms with Crippen LogP contribution in [0.1, 0.15) is 25.5 Å². The lowest BCUT2D eigenvalue weighted by Gasteiger charge is -2.13. The molecule has 0 bridgehead atoms. The highest BCUT2D eigenvalue weighted by Gasteiger charge is 2.24. The summed E-state index contributed by atoms with van der Waals surface area (Å²) < 4.78 is 25.0. The number of sulfone groups is 1. The Hall–Kier alpha value is -1.89. The Kier molecular flexibility index (Phi) is 3.57. The van der Waals surface area contributed by atoms with E-state index in [4.69, 9.17) is 5.73 Å². The first-order chi connectivity index (χ1) is 8.97. The molecular formula is C12H16N4O2S. The van der Waals surface area contributed by atoms with Crippen molar-refractivity contribution >= 4 is 15.7 Å². The van der Waals surface area contributed by atoms with Crippen molar-refractivity contribution in [3.63, 3.8) is 0 Å². The molecule has 1 atom stereocenters. The highest BCUT2D eigenvalue weighted by atomic mass is 32.2. The molecule has 2 aromatic rings. The molecule has 19 heavy (non-hydrogen) atoms. The maximum absolute atomic E-state index is 11.8. The maximum atomic E-state index is 11.8. The molecule has 0 aliphatic heterocycles. The molecular weight excluding hydrogens is 264 g/mol. The Morgan fingerprint density at radius 3 is 2.53 bits per heavy atom. The monoisotopic (exact) mass is 280 g/mol. The number of rotatable bonds is 4. The van der Waals surface area contributed by atoms with E-state index in [1.165, 1.54) is 4.68 Å². The first-order valence-electron chi connectivity index (χ1n) is 5.95. The molecule has 0 aliphatic carbocycles. The van der Waals surface area contributed by atoms with E-state index in [1.54, 1.807) is 6.92 Å².